The molecule has 0 aromatic heterocycles. The van der Waals surface area contributed by atoms with E-state index in [-0.39, 0.29) is 17.6 Å². The summed E-state index contributed by atoms with van der Waals surface area (Å²) in [6.45, 7) is 5.03. The standard InChI is InChI=1S/C29H32BrClN2O2S/c1-21(2)17-32-29(35)27(16-22-8-4-3-5-9-22)33(18-23-10-6-12-25(30)14-23)28(34)20-36-19-24-11-7-13-26(31)15-24/h3-15,21,27H,16-20H2,1-2H3,(H,32,35)/t27-/m1/s1. The molecule has 0 heterocycles. The molecule has 0 aliphatic carbocycles. The third kappa shape index (κ3) is 9.30. The molecule has 2 amide bonds. The lowest BCUT2D eigenvalue weighted by Crippen LogP contribution is -2.51. The Labute approximate surface area is 231 Å². The van der Waals surface area contributed by atoms with E-state index in [0.717, 1.165) is 21.2 Å². The van der Waals surface area contributed by atoms with Crippen LogP contribution in [-0.4, -0.2) is 35.1 Å². The SMILES string of the molecule is CC(C)CNC(=O)[C@@H](Cc1ccccc1)N(Cc1cccc(Br)c1)C(=O)CSCc1cccc(Cl)c1. The molecule has 0 saturated heterocycles. The van der Waals surface area contributed by atoms with Gasteiger partial charge in [-0.15, -0.1) is 11.8 Å². The van der Waals surface area contributed by atoms with Gasteiger partial charge in [0.05, 0.1) is 5.75 Å². The normalized spacial score (nSPS) is 11.8. The van der Waals surface area contributed by atoms with Gasteiger partial charge in [-0.05, 0) is 46.9 Å². The van der Waals surface area contributed by atoms with Gasteiger partial charge in [0, 0.05) is 34.8 Å². The molecule has 36 heavy (non-hydrogen) atoms. The molecule has 0 spiro atoms. The summed E-state index contributed by atoms with van der Waals surface area (Å²) in [4.78, 5) is 28.8. The van der Waals surface area contributed by atoms with Gasteiger partial charge >= 0.3 is 0 Å². The molecule has 0 fully saturated rings. The van der Waals surface area contributed by atoms with Crippen LogP contribution in [0.15, 0.2) is 83.3 Å². The molecule has 0 bridgehead atoms. The van der Waals surface area contributed by atoms with Gasteiger partial charge in [0.15, 0.2) is 0 Å². The van der Waals surface area contributed by atoms with Crippen molar-refractivity contribution in [2.24, 2.45) is 5.92 Å². The Morgan fingerprint density at radius 3 is 2.33 bits per heavy atom. The van der Waals surface area contributed by atoms with E-state index < -0.39 is 6.04 Å². The lowest BCUT2D eigenvalue weighted by Gasteiger charge is -2.32. The highest BCUT2D eigenvalue weighted by molar-refractivity contribution is 9.10. The summed E-state index contributed by atoms with van der Waals surface area (Å²) in [6, 6.07) is 24.8. The van der Waals surface area contributed by atoms with E-state index in [4.69, 9.17) is 11.6 Å². The largest absolute Gasteiger partial charge is 0.354 e. The Bertz CT molecular complexity index is 1140. The van der Waals surface area contributed by atoms with Crippen LogP contribution in [-0.2, 0) is 28.3 Å². The van der Waals surface area contributed by atoms with Gasteiger partial charge in [-0.2, -0.15) is 0 Å². The number of carbonyl (C=O) groups excluding carboxylic acids is 2. The number of benzene rings is 3. The summed E-state index contributed by atoms with van der Waals surface area (Å²) < 4.78 is 0.937. The van der Waals surface area contributed by atoms with Crippen LogP contribution in [0.5, 0.6) is 0 Å². The number of hydrogen-bond donors (Lipinski definition) is 1. The molecule has 1 atom stereocenters. The van der Waals surface area contributed by atoms with Crippen molar-refractivity contribution in [3.8, 4) is 0 Å². The van der Waals surface area contributed by atoms with Crippen LogP contribution >= 0.6 is 39.3 Å². The molecule has 4 nitrogen and oxygen atoms in total. The number of halogens is 2. The molecule has 3 rings (SSSR count). The highest BCUT2D eigenvalue weighted by Gasteiger charge is 2.30. The van der Waals surface area contributed by atoms with Gasteiger partial charge in [-0.3, -0.25) is 9.59 Å². The minimum Gasteiger partial charge on any atom is -0.354 e. The molecular weight excluding hydrogens is 556 g/mol. The summed E-state index contributed by atoms with van der Waals surface area (Å²) in [6.07, 6.45) is 0.448. The van der Waals surface area contributed by atoms with Crippen molar-refractivity contribution >= 4 is 51.1 Å². The highest BCUT2D eigenvalue weighted by Crippen LogP contribution is 2.21. The summed E-state index contributed by atoms with van der Waals surface area (Å²) in [7, 11) is 0. The second kappa shape index (κ2) is 14.5. The topological polar surface area (TPSA) is 49.4 Å². The first-order chi connectivity index (χ1) is 17.3. The molecule has 0 radical (unpaired) electrons. The predicted molar refractivity (Wildman–Crippen MR) is 154 cm³/mol. The second-order valence-corrected chi connectivity index (χ2v) is 11.5. The van der Waals surface area contributed by atoms with Crippen molar-refractivity contribution < 1.29 is 9.59 Å². The van der Waals surface area contributed by atoms with Crippen LogP contribution in [0.4, 0.5) is 0 Å². The van der Waals surface area contributed by atoms with E-state index in [1.165, 1.54) is 11.8 Å². The lowest BCUT2D eigenvalue weighted by molar-refractivity contribution is -0.139. The smallest absolute Gasteiger partial charge is 0.243 e. The molecule has 3 aromatic carbocycles. The van der Waals surface area contributed by atoms with Gasteiger partial charge in [-0.1, -0.05) is 96.0 Å². The summed E-state index contributed by atoms with van der Waals surface area (Å²) in [5.74, 6) is 1.05. The van der Waals surface area contributed by atoms with Crippen LogP contribution in [0.2, 0.25) is 5.02 Å². The predicted octanol–water partition coefficient (Wildman–Crippen LogP) is 6.75. The van der Waals surface area contributed by atoms with Crippen LogP contribution in [0.3, 0.4) is 0 Å². The summed E-state index contributed by atoms with van der Waals surface area (Å²) in [5.41, 5.74) is 3.04. The molecule has 1 N–H and O–H groups in total. The van der Waals surface area contributed by atoms with Gasteiger partial charge in [0.1, 0.15) is 6.04 Å². The molecule has 0 saturated carbocycles. The number of rotatable bonds is 12. The zero-order valence-corrected chi connectivity index (χ0v) is 23.8. The molecule has 0 aliphatic rings. The molecule has 3 aromatic rings. The number of hydrogen-bond acceptors (Lipinski definition) is 3. The first-order valence-corrected chi connectivity index (χ1v) is 14.3. The summed E-state index contributed by atoms with van der Waals surface area (Å²) >= 11 is 11.2. The minimum atomic E-state index is -0.621. The van der Waals surface area contributed by atoms with Crippen molar-refractivity contribution in [2.45, 2.75) is 38.6 Å². The number of carbonyl (C=O) groups is 2. The lowest BCUT2D eigenvalue weighted by atomic mass is 10.0. The Balaban J connectivity index is 1.84. The fraction of sp³-hybridized carbons (Fsp3) is 0.310. The number of amides is 2. The molecule has 7 heteroatoms. The maximum atomic E-state index is 13.7. The average Bonchev–Trinajstić information content (AvgIpc) is 2.85. The van der Waals surface area contributed by atoms with Gasteiger partial charge in [0.2, 0.25) is 11.8 Å². The Kier molecular flexibility index (Phi) is 11.4. The second-order valence-electron chi connectivity index (χ2n) is 9.12. The number of thioether (sulfide) groups is 1. The van der Waals surface area contributed by atoms with E-state index in [9.17, 15) is 9.59 Å². The van der Waals surface area contributed by atoms with Crippen molar-refractivity contribution in [2.75, 3.05) is 12.3 Å². The van der Waals surface area contributed by atoms with Crippen LogP contribution < -0.4 is 5.32 Å². The maximum absolute atomic E-state index is 13.7. The van der Waals surface area contributed by atoms with Crippen LogP contribution in [0.1, 0.15) is 30.5 Å². The van der Waals surface area contributed by atoms with E-state index in [1.807, 2.05) is 78.9 Å². The third-order valence-corrected chi connectivity index (χ3v) is 7.30. The average molecular weight is 588 g/mol. The van der Waals surface area contributed by atoms with E-state index >= 15 is 0 Å². The van der Waals surface area contributed by atoms with Crippen molar-refractivity contribution in [3.05, 3.63) is 105 Å². The Hall–Kier alpha value is -2.28. The number of nitrogens with zero attached hydrogens (tertiary/aromatic N) is 1. The molecule has 0 unspecified atom stereocenters. The van der Waals surface area contributed by atoms with Crippen molar-refractivity contribution in [1.29, 1.82) is 0 Å². The minimum absolute atomic E-state index is 0.0670. The maximum Gasteiger partial charge on any atom is 0.243 e. The molecular formula is C29H32BrClN2O2S. The van der Waals surface area contributed by atoms with Crippen molar-refractivity contribution in [3.63, 3.8) is 0 Å². The number of nitrogens with one attached hydrogen (secondary N) is 1. The first kappa shape index (κ1) is 28.3. The Morgan fingerprint density at radius 1 is 0.944 bits per heavy atom. The zero-order valence-electron chi connectivity index (χ0n) is 20.6. The quantitative estimate of drug-likeness (QED) is 0.255. The fourth-order valence-electron chi connectivity index (χ4n) is 3.77. The monoisotopic (exact) mass is 586 g/mol. The zero-order chi connectivity index (χ0) is 25.9. The van der Waals surface area contributed by atoms with Crippen molar-refractivity contribution in [1.82, 2.24) is 10.2 Å². The third-order valence-electron chi connectivity index (χ3n) is 5.58. The van der Waals surface area contributed by atoms with Gasteiger partial charge in [0.25, 0.3) is 0 Å². The first-order valence-electron chi connectivity index (χ1n) is 12.0. The van der Waals surface area contributed by atoms with E-state index in [2.05, 4.69) is 35.1 Å². The van der Waals surface area contributed by atoms with E-state index in [1.54, 1.807) is 4.90 Å². The van der Waals surface area contributed by atoms with E-state index in [0.29, 0.717) is 36.2 Å². The molecule has 0 aliphatic heterocycles. The van der Waals surface area contributed by atoms with Crippen LogP contribution in [0, 0.1) is 5.92 Å². The van der Waals surface area contributed by atoms with Gasteiger partial charge in [-0.25, -0.2) is 0 Å². The molecule has 190 valence electrons. The summed E-state index contributed by atoms with van der Waals surface area (Å²) in [5, 5.41) is 3.74. The highest BCUT2D eigenvalue weighted by atomic mass is 79.9. The fourth-order valence-corrected chi connectivity index (χ4v) is 5.29. The van der Waals surface area contributed by atoms with Crippen LogP contribution in [0.25, 0.3) is 0 Å². The van der Waals surface area contributed by atoms with Gasteiger partial charge < -0.3 is 10.2 Å². The Morgan fingerprint density at radius 2 is 1.64 bits per heavy atom.